The van der Waals surface area contributed by atoms with Crippen LogP contribution in [0.25, 0.3) is 17.2 Å². The van der Waals surface area contributed by atoms with E-state index in [1.807, 2.05) is 66.7 Å². The van der Waals surface area contributed by atoms with Gasteiger partial charge in [-0.2, -0.15) is 0 Å². The number of rotatable bonds is 5. The smallest absolute Gasteiger partial charge is 0.266 e. The molecule has 1 heterocycles. The molecule has 0 spiro atoms. The van der Waals surface area contributed by atoms with Gasteiger partial charge < -0.3 is 9.47 Å². The summed E-state index contributed by atoms with van der Waals surface area (Å²) in [4.78, 5) is 19.6. The zero-order valence-corrected chi connectivity index (χ0v) is 18.3. The van der Waals surface area contributed by atoms with Gasteiger partial charge in [0.2, 0.25) is 0 Å². The van der Waals surface area contributed by atoms with Crippen LogP contribution in [0.2, 0.25) is 0 Å². The van der Waals surface area contributed by atoms with Crippen molar-refractivity contribution in [1.82, 2.24) is 4.90 Å². The number of ether oxygens (including phenoxy) is 2. The second-order valence-electron chi connectivity index (χ2n) is 6.92. The Morgan fingerprint density at radius 1 is 0.871 bits per heavy atom. The van der Waals surface area contributed by atoms with Gasteiger partial charge in [0.1, 0.15) is 11.5 Å². The summed E-state index contributed by atoms with van der Waals surface area (Å²) >= 11 is 1.37. The van der Waals surface area contributed by atoms with Gasteiger partial charge in [-0.05, 0) is 77.0 Å². The number of nitrogens with zero attached hydrogens (tertiary/aromatic N) is 2. The summed E-state index contributed by atoms with van der Waals surface area (Å²) in [5.74, 6) is 1.53. The number of thioether (sulfide) groups is 1. The molecule has 0 saturated carbocycles. The summed E-state index contributed by atoms with van der Waals surface area (Å²) in [6.45, 7) is 0. The van der Waals surface area contributed by atoms with Gasteiger partial charge in [0.25, 0.3) is 5.91 Å². The number of benzene rings is 3. The molecule has 156 valence electrons. The predicted molar refractivity (Wildman–Crippen MR) is 127 cm³/mol. The minimum atomic E-state index is -0.0629. The molecule has 0 aliphatic carbocycles. The Morgan fingerprint density at radius 2 is 1.52 bits per heavy atom. The molecule has 3 aromatic carbocycles. The lowest BCUT2D eigenvalue weighted by Crippen LogP contribution is -2.23. The third-order valence-corrected chi connectivity index (χ3v) is 5.97. The zero-order chi connectivity index (χ0) is 21.8. The number of carbonyl (C=O) groups excluding carboxylic acids is 1. The third-order valence-electron chi connectivity index (χ3n) is 4.91. The van der Waals surface area contributed by atoms with Gasteiger partial charge in [-0.1, -0.05) is 30.3 Å². The van der Waals surface area contributed by atoms with Crippen molar-refractivity contribution in [2.45, 2.75) is 0 Å². The molecule has 5 nitrogen and oxygen atoms in total. The molecule has 1 aliphatic heterocycles. The highest BCUT2D eigenvalue weighted by Gasteiger charge is 2.30. The molecule has 6 heteroatoms. The first kappa shape index (κ1) is 20.8. The Kier molecular flexibility index (Phi) is 6.09. The predicted octanol–water partition coefficient (Wildman–Crippen LogP) is 5.60. The molecule has 31 heavy (non-hydrogen) atoms. The number of hydrogen-bond acceptors (Lipinski definition) is 5. The summed E-state index contributed by atoms with van der Waals surface area (Å²) < 4.78 is 10.4. The van der Waals surface area contributed by atoms with Crippen LogP contribution in [-0.4, -0.2) is 37.2 Å². The number of aliphatic imine (C=N–C) groups is 1. The molecule has 0 bridgehead atoms. The van der Waals surface area contributed by atoms with E-state index in [1.165, 1.54) is 11.8 Å². The Labute approximate surface area is 186 Å². The number of likely N-dealkylation sites (N-methyl/N-ethyl adjacent to an activating group) is 1. The van der Waals surface area contributed by atoms with Crippen LogP contribution in [-0.2, 0) is 4.79 Å². The molecule has 4 rings (SSSR count). The van der Waals surface area contributed by atoms with Crippen molar-refractivity contribution in [2.75, 3.05) is 21.3 Å². The summed E-state index contributed by atoms with van der Waals surface area (Å²) in [5.41, 5.74) is 3.90. The standard InChI is InChI=1S/C25H22N2O3S/c1-27-24(28)23(31-25(27)26-20-9-13-22(30-3)14-10-20)16-17-5-4-6-19(15-17)18-7-11-21(29-2)12-8-18/h4-16H,1-3H3/b23-16-,26-25?. The average Bonchev–Trinajstić information content (AvgIpc) is 3.07. The van der Waals surface area contributed by atoms with Crippen molar-refractivity contribution >= 4 is 34.6 Å². The molecule has 0 aromatic heterocycles. The van der Waals surface area contributed by atoms with Gasteiger partial charge in [-0.3, -0.25) is 9.69 Å². The van der Waals surface area contributed by atoms with Crippen LogP contribution in [0.1, 0.15) is 5.56 Å². The largest absolute Gasteiger partial charge is 0.497 e. The topological polar surface area (TPSA) is 51.1 Å². The van der Waals surface area contributed by atoms with Crippen LogP contribution >= 0.6 is 11.8 Å². The summed E-state index contributed by atoms with van der Waals surface area (Å²) in [6, 6.07) is 23.5. The molecule has 1 fully saturated rings. The van der Waals surface area contributed by atoms with Crippen LogP contribution in [0.4, 0.5) is 5.69 Å². The van der Waals surface area contributed by atoms with Crippen LogP contribution in [0, 0.1) is 0 Å². The number of amidine groups is 1. The molecular formula is C25H22N2O3S. The van der Waals surface area contributed by atoms with Gasteiger partial charge in [0.05, 0.1) is 24.8 Å². The maximum atomic E-state index is 12.8. The lowest BCUT2D eigenvalue weighted by molar-refractivity contribution is -0.121. The molecule has 1 aliphatic rings. The first-order chi connectivity index (χ1) is 15.1. The van der Waals surface area contributed by atoms with E-state index in [-0.39, 0.29) is 5.91 Å². The second kappa shape index (κ2) is 9.10. The normalized spacial score (nSPS) is 16.2. The van der Waals surface area contributed by atoms with Gasteiger partial charge in [-0.15, -0.1) is 0 Å². The number of carbonyl (C=O) groups is 1. The van der Waals surface area contributed by atoms with Crippen LogP contribution in [0.5, 0.6) is 11.5 Å². The van der Waals surface area contributed by atoms with Crippen LogP contribution in [0.3, 0.4) is 0 Å². The molecule has 0 unspecified atom stereocenters. The third kappa shape index (κ3) is 4.64. The minimum absolute atomic E-state index is 0.0629. The summed E-state index contributed by atoms with van der Waals surface area (Å²) in [6.07, 6.45) is 1.91. The highest BCUT2D eigenvalue weighted by Crippen LogP contribution is 2.34. The monoisotopic (exact) mass is 430 g/mol. The Hall–Kier alpha value is -3.51. The Morgan fingerprint density at radius 3 is 2.16 bits per heavy atom. The highest BCUT2D eigenvalue weighted by atomic mass is 32.2. The number of amides is 1. The molecule has 0 N–H and O–H groups in total. The summed E-state index contributed by atoms with van der Waals surface area (Å²) in [5, 5.41) is 0.646. The lowest BCUT2D eigenvalue weighted by Gasteiger charge is -2.07. The fourth-order valence-corrected chi connectivity index (χ4v) is 4.15. The van der Waals surface area contributed by atoms with E-state index < -0.39 is 0 Å². The Bertz CT molecular complexity index is 1150. The van der Waals surface area contributed by atoms with Crippen molar-refractivity contribution in [3.8, 4) is 22.6 Å². The summed E-state index contributed by atoms with van der Waals surface area (Å²) in [7, 11) is 5.02. The van der Waals surface area contributed by atoms with Gasteiger partial charge >= 0.3 is 0 Å². The van der Waals surface area contributed by atoms with E-state index in [1.54, 1.807) is 26.2 Å². The van der Waals surface area contributed by atoms with Gasteiger partial charge in [0.15, 0.2) is 5.17 Å². The number of methoxy groups -OCH3 is 2. The van der Waals surface area contributed by atoms with Crippen LogP contribution < -0.4 is 9.47 Å². The van der Waals surface area contributed by atoms with E-state index in [0.29, 0.717) is 10.1 Å². The fourth-order valence-electron chi connectivity index (χ4n) is 3.16. The van der Waals surface area contributed by atoms with E-state index >= 15 is 0 Å². The van der Waals surface area contributed by atoms with Crippen molar-refractivity contribution in [3.63, 3.8) is 0 Å². The second-order valence-corrected chi connectivity index (χ2v) is 7.93. The maximum Gasteiger partial charge on any atom is 0.266 e. The van der Waals surface area contributed by atoms with E-state index in [0.717, 1.165) is 33.9 Å². The highest BCUT2D eigenvalue weighted by molar-refractivity contribution is 8.18. The van der Waals surface area contributed by atoms with Crippen molar-refractivity contribution in [1.29, 1.82) is 0 Å². The SMILES string of the molecule is COc1ccc(N=C2S/C(=C\c3cccc(-c4ccc(OC)cc4)c3)C(=O)N2C)cc1. The fraction of sp³-hybridized carbons (Fsp3) is 0.120. The lowest BCUT2D eigenvalue weighted by atomic mass is 10.0. The van der Waals surface area contributed by atoms with Crippen LogP contribution in [0.15, 0.2) is 82.7 Å². The van der Waals surface area contributed by atoms with E-state index in [4.69, 9.17) is 9.47 Å². The quantitative estimate of drug-likeness (QED) is 0.494. The zero-order valence-electron chi connectivity index (χ0n) is 17.5. The first-order valence-electron chi connectivity index (χ1n) is 9.72. The minimum Gasteiger partial charge on any atom is -0.497 e. The van der Waals surface area contributed by atoms with Gasteiger partial charge in [-0.25, -0.2) is 4.99 Å². The molecule has 1 saturated heterocycles. The molecule has 0 radical (unpaired) electrons. The van der Waals surface area contributed by atoms with E-state index in [2.05, 4.69) is 17.1 Å². The number of hydrogen-bond donors (Lipinski definition) is 0. The first-order valence-corrected chi connectivity index (χ1v) is 10.5. The van der Waals surface area contributed by atoms with E-state index in [9.17, 15) is 4.79 Å². The maximum absolute atomic E-state index is 12.8. The van der Waals surface area contributed by atoms with Crippen molar-refractivity contribution < 1.29 is 14.3 Å². The molecule has 1 amide bonds. The van der Waals surface area contributed by atoms with Gasteiger partial charge in [0, 0.05) is 7.05 Å². The molecule has 0 atom stereocenters. The average molecular weight is 431 g/mol. The molecule has 3 aromatic rings. The van der Waals surface area contributed by atoms with Crippen molar-refractivity contribution in [2.24, 2.45) is 4.99 Å². The Balaban J connectivity index is 1.58. The van der Waals surface area contributed by atoms with Crippen molar-refractivity contribution in [3.05, 3.63) is 83.3 Å². The molecular weight excluding hydrogens is 408 g/mol.